The van der Waals surface area contributed by atoms with Crippen molar-refractivity contribution in [3.8, 4) is 0 Å². The van der Waals surface area contributed by atoms with Gasteiger partial charge in [0.15, 0.2) is 5.69 Å². The van der Waals surface area contributed by atoms with E-state index in [9.17, 15) is 18.0 Å². The van der Waals surface area contributed by atoms with Crippen LogP contribution in [0.3, 0.4) is 0 Å². The number of sulfonamides is 1. The number of hydrogen-bond acceptors (Lipinski definition) is 5. The number of fused-ring (bicyclic) bond motifs is 1. The second-order valence-corrected chi connectivity index (χ2v) is 9.09. The summed E-state index contributed by atoms with van der Waals surface area (Å²) in [5, 5.41) is 6.35. The van der Waals surface area contributed by atoms with Gasteiger partial charge in [-0.25, -0.2) is 13.1 Å². The van der Waals surface area contributed by atoms with Crippen molar-refractivity contribution in [3.63, 3.8) is 0 Å². The standard InChI is InChI=1S/C22H23ClN4O4S/c1-2-3-6-14-27-22(29)19-8-5-4-7-18(19)20(25-27)21(28)24-26-32(30,31)15-13-16-9-11-17(23)12-10-16/h4-5,7-13,15,26H,2-3,6,14H2,1H3,(H,24,28)/b15-13+. The third-order valence-corrected chi connectivity index (χ3v) is 5.81. The average molecular weight is 475 g/mol. The van der Waals surface area contributed by atoms with Crippen molar-refractivity contribution in [2.45, 2.75) is 32.7 Å². The second kappa shape index (κ2) is 10.5. The van der Waals surface area contributed by atoms with Crippen LogP contribution in [-0.4, -0.2) is 24.1 Å². The number of rotatable bonds is 9. The molecule has 8 nitrogen and oxygen atoms in total. The quantitative estimate of drug-likeness (QED) is 0.364. The molecule has 168 valence electrons. The average Bonchev–Trinajstić information content (AvgIpc) is 2.79. The van der Waals surface area contributed by atoms with E-state index < -0.39 is 15.9 Å². The van der Waals surface area contributed by atoms with Crippen LogP contribution in [0.4, 0.5) is 0 Å². The highest BCUT2D eigenvalue weighted by molar-refractivity contribution is 7.92. The summed E-state index contributed by atoms with van der Waals surface area (Å²) in [4.78, 5) is 27.5. The van der Waals surface area contributed by atoms with E-state index in [1.54, 1.807) is 48.5 Å². The molecule has 1 aromatic heterocycles. The van der Waals surface area contributed by atoms with Gasteiger partial charge in [0, 0.05) is 22.4 Å². The van der Waals surface area contributed by atoms with Gasteiger partial charge in [-0.3, -0.25) is 15.0 Å². The third kappa shape index (κ3) is 6.03. The van der Waals surface area contributed by atoms with E-state index in [2.05, 4.69) is 10.5 Å². The minimum Gasteiger partial charge on any atom is -0.272 e. The van der Waals surface area contributed by atoms with Crippen LogP contribution in [-0.2, 0) is 16.6 Å². The molecule has 0 aliphatic heterocycles. The molecular weight excluding hydrogens is 452 g/mol. The summed E-state index contributed by atoms with van der Waals surface area (Å²) in [5.41, 5.74) is 2.45. The van der Waals surface area contributed by atoms with Crippen molar-refractivity contribution in [3.05, 3.63) is 80.6 Å². The van der Waals surface area contributed by atoms with Crippen LogP contribution in [0.5, 0.6) is 0 Å². The number of benzene rings is 2. The van der Waals surface area contributed by atoms with E-state index in [4.69, 9.17) is 11.6 Å². The molecule has 0 bridgehead atoms. The van der Waals surface area contributed by atoms with Gasteiger partial charge in [-0.05, 0) is 36.3 Å². The zero-order valence-corrected chi connectivity index (χ0v) is 19.0. The highest BCUT2D eigenvalue weighted by atomic mass is 35.5. The normalized spacial score (nSPS) is 11.8. The largest absolute Gasteiger partial charge is 0.287 e. The Morgan fingerprint density at radius 3 is 2.47 bits per heavy atom. The van der Waals surface area contributed by atoms with E-state index in [0.717, 1.165) is 24.7 Å². The fourth-order valence-electron chi connectivity index (χ4n) is 3.02. The highest BCUT2D eigenvalue weighted by Crippen LogP contribution is 2.14. The molecule has 10 heteroatoms. The maximum Gasteiger partial charge on any atom is 0.287 e. The van der Waals surface area contributed by atoms with Gasteiger partial charge < -0.3 is 0 Å². The van der Waals surface area contributed by atoms with Crippen molar-refractivity contribution >= 4 is 44.4 Å². The molecule has 0 aliphatic rings. The molecule has 0 unspecified atom stereocenters. The minimum atomic E-state index is -3.97. The zero-order valence-electron chi connectivity index (χ0n) is 17.4. The molecule has 3 aromatic rings. The molecule has 0 saturated carbocycles. The van der Waals surface area contributed by atoms with E-state index >= 15 is 0 Å². The summed E-state index contributed by atoms with van der Waals surface area (Å²) in [6.45, 7) is 2.41. The molecule has 0 radical (unpaired) electrons. The van der Waals surface area contributed by atoms with Crippen LogP contribution in [0.1, 0.15) is 42.2 Å². The number of halogens is 1. The lowest BCUT2D eigenvalue weighted by Crippen LogP contribution is -2.42. The van der Waals surface area contributed by atoms with E-state index in [0.29, 0.717) is 27.9 Å². The Hall–Kier alpha value is -3.01. The number of nitrogens with one attached hydrogen (secondary N) is 2. The van der Waals surface area contributed by atoms with Gasteiger partial charge in [0.2, 0.25) is 0 Å². The highest BCUT2D eigenvalue weighted by Gasteiger charge is 2.18. The van der Waals surface area contributed by atoms with E-state index in [1.807, 2.05) is 11.8 Å². The number of carbonyl (C=O) groups excluding carboxylic acids is 1. The molecule has 2 N–H and O–H groups in total. The second-order valence-electron chi connectivity index (χ2n) is 7.09. The lowest BCUT2D eigenvalue weighted by Gasteiger charge is -2.11. The van der Waals surface area contributed by atoms with Crippen LogP contribution >= 0.6 is 11.6 Å². The number of aryl methyl sites for hydroxylation is 1. The Balaban J connectivity index is 1.80. The summed E-state index contributed by atoms with van der Waals surface area (Å²) in [6, 6.07) is 13.2. The predicted molar refractivity (Wildman–Crippen MR) is 126 cm³/mol. The zero-order chi connectivity index (χ0) is 23.1. The van der Waals surface area contributed by atoms with Crippen molar-refractivity contribution in [1.29, 1.82) is 0 Å². The van der Waals surface area contributed by atoms with Crippen molar-refractivity contribution in [2.24, 2.45) is 0 Å². The summed E-state index contributed by atoms with van der Waals surface area (Å²) in [5.74, 6) is -0.770. The number of hydrazine groups is 1. The van der Waals surface area contributed by atoms with Crippen LogP contribution < -0.4 is 15.8 Å². The van der Waals surface area contributed by atoms with Crippen LogP contribution in [0, 0.1) is 0 Å². The first-order valence-electron chi connectivity index (χ1n) is 10.1. The molecule has 2 aromatic carbocycles. The monoisotopic (exact) mass is 474 g/mol. The number of unbranched alkanes of at least 4 members (excludes halogenated alkanes) is 2. The molecule has 0 saturated heterocycles. The Morgan fingerprint density at radius 2 is 1.78 bits per heavy atom. The van der Waals surface area contributed by atoms with Gasteiger partial charge in [0.05, 0.1) is 5.39 Å². The van der Waals surface area contributed by atoms with Gasteiger partial charge in [0.25, 0.3) is 21.5 Å². The number of aromatic nitrogens is 2. The molecule has 32 heavy (non-hydrogen) atoms. The maximum absolute atomic E-state index is 12.8. The number of amides is 1. The van der Waals surface area contributed by atoms with Crippen LogP contribution in [0.2, 0.25) is 5.02 Å². The Kier molecular flexibility index (Phi) is 7.79. The summed E-state index contributed by atoms with van der Waals surface area (Å²) in [7, 11) is -3.97. The van der Waals surface area contributed by atoms with Gasteiger partial charge in [0.1, 0.15) is 0 Å². The Labute approximate surface area is 190 Å². The van der Waals surface area contributed by atoms with Crippen molar-refractivity contribution in [1.82, 2.24) is 20.0 Å². The van der Waals surface area contributed by atoms with Gasteiger partial charge in [-0.15, -0.1) is 4.83 Å². The first-order valence-corrected chi connectivity index (χ1v) is 12.0. The predicted octanol–water partition coefficient (Wildman–Crippen LogP) is 3.48. The summed E-state index contributed by atoms with van der Waals surface area (Å²) < 4.78 is 25.8. The topological polar surface area (TPSA) is 110 Å². The molecular formula is C22H23ClN4O4S. The van der Waals surface area contributed by atoms with Gasteiger partial charge in [-0.2, -0.15) is 5.10 Å². The van der Waals surface area contributed by atoms with Crippen LogP contribution in [0.25, 0.3) is 16.8 Å². The Bertz CT molecular complexity index is 1300. The third-order valence-electron chi connectivity index (χ3n) is 4.67. The fourth-order valence-corrected chi connectivity index (χ4v) is 3.78. The van der Waals surface area contributed by atoms with E-state index in [-0.39, 0.29) is 11.3 Å². The van der Waals surface area contributed by atoms with Gasteiger partial charge >= 0.3 is 0 Å². The maximum atomic E-state index is 12.8. The summed E-state index contributed by atoms with van der Waals surface area (Å²) in [6.07, 6.45) is 4.00. The molecule has 3 rings (SSSR count). The van der Waals surface area contributed by atoms with E-state index in [1.165, 1.54) is 10.8 Å². The fraction of sp³-hybridized carbons (Fsp3) is 0.227. The summed E-state index contributed by atoms with van der Waals surface area (Å²) >= 11 is 5.81. The molecule has 0 aliphatic carbocycles. The number of nitrogens with zero attached hydrogens (tertiary/aromatic N) is 2. The molecule has 1 heterocycles. The first kappa shape index (κ1) is 23.6. The van der Waals surface area contributed by atoms with Crippen LogP contribution in [0.15, 0.2) is 58.7 Å². The smallest absolute Gasteiger partial charge is 0.272 e. The SMILES string of the molecule is CCCCCn1nc(C(=O)NNS(=O)(=O)/C=C/c2ccc(Cl)cc2)c2ccccc2c1=O. The van der Waals surface area contributed by atoms with Gasteiger partial charge in [-0.1, -0.05) is 61.7 Å². The number of carbonyl (C=O) groups is 1. The lowest BCUT2D eigenvalue weighted by atomic mass is 10.1. The van der Waals surface area contributed by atoms with Crippen molar-refractivity contribution < 1.29 is 13.2 Å². The first-order chi connectivity index (χ1) is 15.3. The Morgan fingerprint density at radius 1 is 1.09 bits per heavy atom. The number of hydrogen-bond donors (Lipinski definition) is 2. The molecule has 0 fully saturated rings. The lowest BCUT2D eigenvalue weighted by molar-refractivity contribution is 0.0939. The molecule has 0 atom stereocenters. The molecule has 1 amide bonds. The molecule has 0 spiro atoms. The minimum absolute atomic E-state index is 0.0407. The van der Waals surface area contributed by atoms with Crippen molar-refractivity contribution in [2.75, 3.05) is 0 Å².